The predicted octanol–water partition coefficient (Wildman–Crippen LogP) is 4.33. The van der Waals surface area contributed by atoms with Gasteiger partial charge >= 0.3 is 5.97 Å². The minimum Gasteiger partial charge on any atom is -0.462 e. The van der Waals surface area contributed by atoms with Crippen molar-refractivity contribution in [3.63, 3.8) is 0 Å². The highest BCUT2D eigenvalue weighted by Gasteiger charge is 2.36. The maximum atomic E-state index is 13.0. The van der Waals surface area contributed by atoms with Gasteiger partial charge in [0.1, 0.15) is 0 Å². The predicted molar refractivity (Wildman–Crippen MR) is 140 cm³/mol. The van der Waals surface area contributed by atoms with E-state index in [2.05, 4.69) is 11.9 Å². The van der Waals surface area contributed by atoms with Crippen LogP contribution in [0.25, 0.3) is 0 Å². The quantitative estimate of drug-likeness (QED) is 0.117. The number of ether oxygens (including phenoxy) is 1. The van der Waals surface area contributed by atoms with E-state index >= 15 is 0 Å². The number of unbranched alkanes of at least 4 members (excludes halogenated alkanes) is 11. The number of rotatable bonds is 18. The second-order valence-corrected chi connectivity index (χ2v) is 9.59. The first kappa shape index (κ1) is 28.0. The van der Waals surface area contributed by atoms with Gasteiger partial charge in [-0.2, -0.15) is 0 Å². The lowest BCUT2D eigenvalue weighted by Gasteiger charge is -2.30. The van der Waals surface area contributed by atoms with Crippen LogP contribution in [0, 0.1) is 0 Å². The van der Waals surface area contributed by atoms with Crippen LogP contribution in [0.2, 0.25) is 0 Å². The van der Waals surface area contributed by atoms with Gasteiger partial charge in [-0.1, -0.05) is 77.6 Å². The standard InChI is InChI=1S/C26H48N6O2/c1-2-3-4-5-6-7-8-9-10-11-12-16-21-23(22-17-15-19-32(22)26(29)31-21)24(33)34-20-14-13-18-30-25(27)28/h21H,2-20H2,1H3,(H2,29,31)(H4,27,28,30)/t21-/m0/s1. The van der Waals surface area contributed by atoms with Gasteiger partial charge in [0, 0.05) is 18.8 Å². The molecular weight excluding hydrogens is 428 g/mol. The van der Waals surface area contributed by atoms with Crippen LogP contribution in [-0.2, 0) is 9.53 Å². The average Bonchev–Trinajstić information content (AvgIpc) is 3.30. The Balaban J connectivity index is 1.74. The number of fused-ring (bicyclic) bond motifs is 1. The second kappa shape index (κ2) is 16.4. The first-order chi connectivity index (χ1) is 16.5. The number of esters is 1. The normalized spacial score (nSPS) is 17.5. The number of guanidine groups is 2. The first-order valence-corrected chi connectivity index (χ1v) is 13.6. The Hall–Kier alpha value is -2.25. The highest BCUT2D eigenvalue weighted by molar-refractivity contribution is 5.95. The third-order valence-corrected chi connectivity index (χ3v) is 6.71. The summed E-state index contributed by atoms with van der Waals surface area (Å²) in [4.78, 5) is 23.7. The Bertz CT molecular complexity index is 699. The van der Waals surface area contributed by atoms with Crippen LogP contribution in [0.4, 0.5) is 0 Å². The molecule has 1 fully saturated rings. The van der Waals surface area contributed by atoms with Crippen LogP contribution in [0.1, 0.15) is 110 Å². The molecule has 0 saturated carbocycles. The Kier molecular flexibility index (Phi) is 13.5. The number of aliphatic imine (C=N–C) groups is 2. The molecule has 2 heterocycles. The van der Waals surface area contributed by atoms with Gasteiger partial charge in [-0.3, -0.25) is 4.99 Å². The van der Waals surface area contributed by atoms with Crippen molar-refractivity contribution in [3.05, 3.63) is 11.3 Å². The zero-order chi connectivity index (χ0) is 24.6. The van der Waals surface area contributed by atoms with Crippen LogP contribution >= 0.6 is 0 Å². The number of carbonyl (C=O) groups is 1. The van der Waals surface area contributed by atoms with Crippen molar-refractivity contribution in [2.24, 2.45) is 27.2 Å². The van der Waals surface area contributed by atoms with Gasteiger partial charge in [0.25, 0.3) is 0 Å². The molecule has 0 aliphatic carbocycles. The van der Waals surface area contributed by atoms with Gasteiger partial charge in [0.2, 0.25) is 0 Å². The zero-order valence-electron chi connectivity index (χ0n) is 21.4. The molecule has 0 radical (unpaired) electrons. The van der Waals surface area contributed by atoms with Crippen molar-refractivity contribution < 1.29 is 9.53 Å². The highest BCUT2D eigenvalue weighted by Crippen LogP contribution is 2.33. The molecule has 194 valence electrons. The Morgan fingerprint density at radius 2 is 1.65 bits per heavy atom. The molecule has 1 saturated heterocycles. The molecule has 0 spiro atoms. The largest absolute Gasteiger partial charge is 0.462 e. The van der Waals surface area contributed by atoms with E-state index in [9.17, 15) is 4.79 Å². The fourth-order valence-electron chi connectivity index (χ4n) is 4.82. The fraction of sp³-hybridized carbons (Fsp3) is 0.808. The average molecular weight is 477 g/mol. The fourth-order valence-corrected chi connectivity index (χ4v) is 4.82. The summed E-state index contributed by atoms with van der Waals surface area (Å²) in [5.41, 5.74) is 18.7. The van der Waals surface area contributed by atoms with E-state index in [0.29, 0.717) is 19.1 Å². The van der Waals surface area contributed by atoms with E-state index in [1.165, 1.54) is 64.2 Å². The lowest BCUT2D eigenvalue weighted by atomic mass is 9.96. The lowest BCUT2D eigenvalue weighted by molar-refractivity contribution is -0.139. The van der Waals surface area contributed by atoms with E-state index in [1.807, 2.05) is 4.90 Å². The van der Waals surface area contributed by atoms with Crippen molar-refractivity contribution in [1.29, 1.82) is 0 Å². The molecule has 0 aromatic rings. The van der Waals surface area contributed by atoms with Crippen LogP contribution in [0.3, 0.4) is 0 Å². The summed E-state index contributed by atoms with van der Waals surface area (Å²) in [6.07, 6.45) is 18.5. The van der Waals surface area contributed by atoms with Crippen LogP contribution < -0.4 is 17.2 Å². The summed E-state index contributed by atoms with van der Waals surface area (Å²) >= 11 is 0. The van der Waals surface area contributed by atoms with Gasteiger partial charge < -0.3 is 26.8 Å². The van der Waals surface area contributed by atoms with Gasteiger partial charge in [0.15, 0.2) is 11.9 Å². The Labute approximate surface area is 206 Å². The number of hydrogen-bond acceptors (Lipinski definition) is 6. The van der Waals surface area contributed by atoms with E-state index in [-0.39, 0.29) is 18.0 Å². The summed E-state index contributed by atoms with van der Waals surface area (Å²) in [6, 6.07) is -0.183. The molecule has 0 unspecified atom stereocenters. The number of hydrogen-bond donors (Lipinski definition) is 3. The van der Waals surface area contributed by atoms with Gasteiger partial charge in [0.05, 0.1) is 18.2 Å². The van der Waals surface area contributed by atoms with Gasteiger partial charge in [-0.15, -0.1) is 0 Å². The number of carbonyl (C=O) groups excluding carboxylic acids is 1. The molecule has 1 atom stereocenters. The maximum absolute atomic E-state index is 13.0. The van der Waals surface area contributed by atoms with Gasteiger partial charge in [-0.05, 0) is 32.1 Å². The lowest BCUT2D eigenvalue weighted by Crippen LogP contribution is -2.41. The van der Waals surface area contributed by atoms with E-state index in [4.69, 9.17) is 26.9 Å². The van der Waals surface area contributed by atoms with Crippen LogP contribution in [-0.4, -0.2) is 48.5 Å². The molecule has 0 aromatic heterocycles. The van der Waals surface area contributed by atoms with Gasteiger partial charge in [-0.25, -0.2) is 9.79 Å². The third kappa shape index (κ3) is 9.94. The molecule has 2 aliphatic heterocycles. The summed E-state index contributed by atoms with van der Waals surface area (Å²) in [5, 5.41) is 0. The summed E-state index contributed by atoms with van der Waals surface area (Å²) in [6.45, 7) is 3.99. The van der Waals surface area contributed by atoms with E-state index < -0.39 is 0 Å². The Morgan fingerprint density at radius 3 is 2.29 bits per heavy atom. The molecule has 2 aliphatic rings. The molecule has 2 rings (SSSR count). The molecule has 6 N–H and O–H groups in total. The third-order valence-electron chi connectivity index (χ3n) is 6.71. The molecule has 0 amide bonds. The monoisotopic (exact) mass is 476 g/mol. The molecule has 0 aromatic carbocycles. The first-order valence-electron chi connectivity index (χ1n) is 13.6. The van der Waals surface area contributed by atoms with Crippen molar-refractivity contribution >= 4 is 17.9 Å². The van der Waals surface area contributed by atoms with Crippen molar-refractivity contribution in [3.8, 4) is 0 Å². The minimum atomic E-state index is -0.243. The summed E-state index contributed by atoms with van der Waals surface area (Å²) in [5.74, 6) is 0.399. The van der Waals surface area contributed by atoms with Crippen molar-refractivity contribution in [1.82, 2.24) is 4.90 Å². The summed E-state index contributed by atoms with van der Waals surface area (Å²) < 4.78 is 5.62. The molecule has 0 bridgehead atoms. The minimum absolute atomic E-state index is 0.0909. The van der Waals surface area contributed by atoms with E-state index in [0.717, 1.165) is 56.3 Å². The van der Waals surface area contributed by atoms with Crippen LogP contribution in [0.5, 0.6) is 0 Å². The molecule has 8 nitrogen and oxygen atoms in total. The second-order valence-electron chi connectivity index (χ2n) is 9.59. The smallest absolute Gasteiger partial charge is 0.337 e. The maximum Gasteiger partial charge on any atom is 0.337 e. The van der Waals surface area contributed by atoms with E-state index in [1.54, 1.807) is 0 Å². The molecule has 34 heavy (non-hydrogen) atoms. The summed E-state index contributed by atoms with van der Waals surface area (Å²) in [7, 11) is 0. The number of nitrogens with zero attached hydrogens (tertiary/aromatic N) is 3. The molecular formula is C26H48N6O2. The number of nitrogens with two attached hydrogens (primary N) is 3. The highest BCUT2D eigenvalue weighted by atomic mass is 16.5. The van der Waals surface area contributed by atoms with Crippen molar-refractivity contribution in [2.75, 3.05) is 19.7 Å². The SMILES string of the molecule is CCCCCCCCCCCCC[C@@H]1N=C(N)N2CCCC2=C1C(=O)OCCCCN=C(N)N. The van der Waals surface area contributed by atoms with Crippen LogP contribution in [0.15, 0.2) is 21.3 Å². The Morgan fingerprint density at radius 1 is 1.00 bits per heavy atom. The topological polar surface area (TPSA) is 132 Å². The zero-order valence-corrected chi connectivity index (χ0v) is 21.4. The molecule has 8 heteroatoms. The number of allylic oxidation sites excluding steroid dienone is 1. The van der Waals surface area contributed by atoms with Crippen molar-refractivity contribution in [2.45, 2.75) is 116 Å².